The van der Waals surface area contributed by atoms with Crippen molar-refractivity contribution in [3.8, 4) is 0 Å². The lowest BCUT2D eigenvalue weighted by Crippen LogP contribution is -2.61. The highest BCUT2D eigenvalue weighted by Crippen LogP contribution is 2.60. The minimum atomic E-state index is -0.803. The molecule has 102 heavy (non-hydrogen) atoms. The molecule has 21 heteroatoms. The Labute approximate surface area is 602 Å². The van der Waals surface area contributed by atoms with Crippen molar-refractivity contribution in [2.75, 3.05) is 13.2 Å². The zero-order valence-electron chi connectivity index (χ0n) is 61.1. The maximum Gasteiger partial charge on any atom is 0.172 e. The summed E-state index contributed by atoms with van der Waals surface area (Å²) in [6.07, 6.45) is 15.2. The molecular formula is C81H117NO20. The van der Waals surface area contributed by atoms with Gasteiger partial charge in [-0.15, -0.1) is 0 Å². The molecule has 566 valence electrons. The van der Waals surface area contributed by atoms with Crippen LogP contribution in [0.3, 0.4) is 0 Å². The van der Waals surface area contributed by atoms with Gasteiger partial charge in [0.15, 0.2) is 11.6 Å². The normalized spacial score (nSPS) is 54.9. The molecule has 0 aromatic carbocycles. The van der Waals surface area contributed by atoms with Crippen LogP contribution in [0.25, 0.3) is 0 Å². The van der Waals surface area contributed by atoms with Crippen LogP contribution >= 0.6 is 0 Å². The fraction of sp³-hybridized carbons (Fsp3) is 0.877. The summed E-state index contributed by atoms with van der Waals surface area (Å²) >= 11 is 0. The highest BCUT2D eigenvalue weighted by Gasteiger charge is 2.74. The Bertz CT molecular complexity index is 3180. The number of carbonyl (C=O) groups is 2. The lowest BCUT2D eigenvalue weighted by Gasteiger charge is -2.47. The van der Waals surface area contributed by atoms with E-state index in [9.17, 15) is 14.7 Å². The second kappa shape index (κ2) is 27.8. The van der Waals surface area contributed by atoms with E-state index in [1.54, 1.807) is 0 Å². The molecule has 0 aliphatic carbocycles. The van der Waals surface area contributed by atoms with E-state index in [0.717, 1.165) is 132 Å². The quantitative estimate of drug-likeness (QED) is 0.192. The van der Waals surface area contributed by atoms with Crippen molar-refractivity contribution in [3.63, 3.8) is 0 Å². The van der Waals surface area contributed by atoms with Gasteiger partial charge in [0.2, 0.25) is 0 Å². The van der Waals surface area contributed by atoms with Gasteiger partial charge in [0.25, 0.3) is 0 Å². The molecule has 0 aromatic rings. The first-order chi connectivity index (χ1) is 49.1. The number of rotatable bonds is 5. The smallest absolute Gasteiger partial charge is 0.172 e. The number of carbonyl (C=O) groups excluding carboxylic acids is 2. The molecule has 21 heterocycles. The Hall–Kier alpha value is -2.46. The van der Waals surface area contributed by atoms with Gasteiger partial charge in [0.05, 0.1) is 123 Å². The van der Waals surface area contributed by atoms with E-state index in [0.29, 0.717) is 69.6 Å². The zero-order chi connectivity index (χ0) is 70.0. The van der Waals surface area contributed by atoms with E-state index >= 15 is 0 Å². The summed E-state index contributed by atoms with van der Waals surface area (Å²) in [6.45, 7) is 30.0. The van der Waals surface area contributed by atoms with Gasteiger partial charge in [0, 0.05) is 83.6 Å². The summed E-state index contributed by atoms with van der Waals surface area (Å²) < 4.78 is 114. The number of hydrogen-bond acceptors (Lipinski definition) is 21. The largest absolute Gasteiger partial charge is 0.392 e. The fourth-order valence-electron chi connectivity index (χ4n) is 23.1. The third-order valence-electron chi connectivity index (χ3n) is 28.9. The molecule has 21 nitrogen and oxygen atoms in total. The van der Waals surface area contributed by atoms with E-state index in [2.05, 4.69) is 60.9 Å². The molecule has 3 N–H and O–H groups in total. The highest BCUT2D eigenvalue weighted by molar-refractivity contribution is 5.79. The molecule has 21 fully saturated rings. The summed E-state index contributed by atoms with van der Waals surface area (Å²) in [4.78, 5) is 28.0. The predicted octanol–water partition coefficient (Wildman–Crippen LogP) is 9.59. The van der Waals surface area contributed by atoms with E-state index in [4.69, 9.17) is 86.3 Å². The van der Waals surface area contributed by atoms with Crippen LogP contribution in [-0.4, -0.2) is 224 Å². The Morgan fingerprint density at radius 3 is 1.53 bits per heavy atom. The van der Waals surface area contributed by atoms with E-state index < -0.39 is 23.3 Å². The summed E-state index contributed by atoms with van der Waals surface area (Å²) in [5.74, 6) is -0.0595. The average molecular weight is 1420 g/mol. The topological polar surface area (TPSA) is 241 Å². The maximum absolute atomic E-state index is 14.0. The van der Waals surface area contributed by atoms with Crippen molar-refractivity contribution in [2.24, 2.45) is 41.2 Å². The van der Waals surface area contributed by atoms with Crippen LogP contribution in [0.15, 0.2) is 48.6 Å². The summed E-state index contributed by atoms with van der Waals surface area (Å²) in [7, 11) is 0. The third-order valence-corrected chi connectivity index (χ3v) is 28.9. The number of hydrogen-bond donors (Lipinski definition) is 2. The van der Waals surface area contributed by atoms with Crippen LogP contribution in [0.5, 0.6) is 0 Å². The van der Waals surface area contributed by atoms with Crippen LogP contribution in [0.4, 0.5) is 0 Å². The number of aliphatic hydroxyl groups is 1. The lowest BCUT2D eigenvalue weighted by atomic mass is 9.78. The van der Waals surface area contributed by atoms with Crippen molar-refractivity contribution in [1.82, 2.24) is 0 Å². The molecule has 21 aliphatic rings. The monoisotopic (exact) mass is 1420 g/mol. The number of Topliss-reactive ketones (excluding diaryl/α,β-unsaturated/α-hetero) is 2. The van der Waals surface area contributed by atoms with Crippen LogP contribution in [0.2, 0.25) is 0 Å². The van der Waals surface area contributed by atoms with E-state index in [1.807, 2.05) is 0 Å². The molecule has 21 rings (SSSR count). The Kier molecular flexibility index (Phi) is 19.4. The predicted molar refractivity (Wildman–Crippen MR) is 369 cm³/mol. The molecule has 0 saturated carbocycles. The van der Waals surface area contributed by atoms with Crippen LogP contribution in [0, 0.1) is 35.5 Å². The SMILES string of the molecule is C=C1C[C@@H]2CC[C@@]34C[C@@]5(C)O[C@H]6[C@@H](O3)[C@H]3OC(CC[C@@H]3O[C@H]6[C@H]5O4)CC(=O)C[C@@H]3[C@@H](C)[C@@H](C[C@H](O)CN)O[C@H]3CC3O[C@H](CCC1O2)C[C@@H](C)C3=C.C=C1C[C@@H]2CC[C@@]34C[C@H]5O[C@H]6[C@@H](O3)[C@H]3OC(CC[C@@H]3O[C@H]6[C@H]5O4)CC(=O)C[C@@H]3[C@@H](C)[C@@H](C[C@H]4CO4)O[C@H]3CC3O[C@@H](CCC1O2)C[C@@H](C)C3=C. The summed E-state index contributed by atoms with van der Waals surface area (Å²) in [5.41, 5.74) is 9.90. The third kappa shape index (κ3) is 13.4. The first-order valence-electron chi connectivity index (χ1n) is 40.4. The van der Waals surface area contributed by atoms with Gasteiger partial charge in [0.1, 0.15) is 78.2 Å². The minimum absolute atomic E-state index is 0.00566. The van der Waals surface area contributed by atoms with Crippen molar-refractivity contribution in [1.29, 1.82) is 0 Å². The Morgan fingerprint density at radius 1 is 0.461 bits per heavy atom. The standard InChI is InChI=1S/C41H61NO10.C40H56O10/c1-20-12-26-6-8-30-21(2)13-28(45-30)10-11-41-19-40(5)39(52-41)38-37(50-40)36(51-41)35-31(49-38)9-7-27(47-35)14-24(43)15-29-23(4)32(16-25(44)18-42)48-34(29)17-33(46-26)22(20)3;1-19-11-24-5-7-29-20(2)12-26(43-29)9-10-40-17-34-36(49-40)37-38(48-34)39(50-40)35-30(47-37)8-6-25(45-35)13-23(41)14-28-22(4)31(15-27-18-42-27)46-33(28)16-32(44-24)21(19)3/h20,23,25-39,44H,2-3,6-19,42H2,1,4-5H3;19,22,24-39H,2-3,5-18H2,1,4H3/t20-,23-,25+,26-,27?,28+,29-,30?,31+,32-,33?,34+,35+,36+,37+,38-,39-,40-,41-;19-,22-,24+,25?,26+,27+,28-,29?,30+,31-,32?,33+,34-,35+,36+,37+,38-,39+,40+/m11/s1. The molecule has 0 amide bonds. The lowest BCUT2D eigenvalue weighted by molar-refractivity contribution is -0.294. The molecule has 24 bridgehead atoms. The molecule has 21 saturated heterocycles. The van der Waals surface area contributed by atoms with Gasteiger partial charge in [-0.25, -0.2) is 0 Å². The van der Waals surface area contributed by atoms with Gasteiger partial charge < -0.3 is 91.4 Å². The fourth-order valence-corrected chi connectivity index (χ4v) is 23.1. The second-order valence-electron chi connectivity index (χ2n) is 35.9. The number of ketones is 2. The number of nitrogens with two attached hydrogens (primary N) is 1. The second-order valence-corrected chi connectivity index (χ2v) is 35.9. The Morgan fingerprint density at radius 2 is 0.941 bits per heavy atom. The van der Waals surface area contributed by atoms with Gasteiger partial charge in [-0.3, -0.25) is 9.59 Å². The molecule has 0 radical (unpaired) electrons. The van der Waals surface area contributed by atoms with Crippen LogP contribution in [-0.2, 0) is 90.1 Å². The van der Waals surface area contributed by atoms with E-state index in [1.165, 1.54) is 5.57 Å². The first-order valence-corrected chi connectivity index (χ1v) is 40.4. The van der Waals surface area contributed by atoms with Crippen molar-refractivity contribution in [2.45, 2.75) is 396 Å². The number of epoxide rings is 1. The minimum Gasteiger partial charge on any atom is -0.392 e. The summed E-state index contributed by atoms with van der Waals surface area (Å²) in [6, 6.07) is 0. The number of fused-ring (bicyclic) bond motifs is 12. The van der Waals surface area contributed by atoms with E-state index in [-0.39, 0.29) is 213 Å². The van der Waals surface area contributed by atoms with Gasteiger partial charge in [-0.1, -0.05) is 54.0 Å². The van der Waals surface area contributed by atoms with Crippen molar-refractivity contribution < 1.29 is 95.2 Å². The molecule has 38 atom stereocenters. The van der Waals surface area contributed by atoms with Gasteiger partial charge in [-0.05, 0) is 155 Å². The van der Waals surface area contributed by atoms with Crippen LogP contribution < -0.4 is 5.73 Å². The van der Waals surface area contributed by atoms with Crippen LogP contribution in [0.1, 0.15) is 202 Å². The van der Waals surface area contributed by atoms with Gasteiger partial charge in [-0.2, -0.15) is 0 Å². The molecule has 2 spiro atoms. The van der Waals surface area contributed by atoms with Crippen molar-refractivity contribution >= 4 is 11.6 Å². The molecule has 6 unspecified atom stereocenters. The molecule has 21 aliphatic heterocycles. The summed E-state index contributed by atoms with van der Waals surface area (Å²) in [5, 5.41) is 10.5. The molecule has 0 aromatic heterocycles. The number of aliphatic hydroxyl groups excluding tert-OH is 1. The number of ether oxygens (including phenoxy) is 17. The first kappa shape index (κ1) is 71.2. The van der Waals surface area contributed by atoms with Crippen molar-refractivity contribution in [3.05, 3.63) is 48.6 Å². The highest BCUT2D eigenvalue weighted by atomic mass is 16.8. The molecular weight excluding hydrogens is 1310 g/mol. The maximum atomic E-state index is 14.0. The zero-order valence-corrected chi connectivity index (χ0v) is 61.1. The average Bonchev–Trinajstić information content (AvgIpc) is 1.57. The Balaban J connectivity index is 0.000000146. The van der Waals surface area contributed by atoms with Gasteiger partial charge >= 0.3 is 0 Å².